The van der Waals surface area contributed by atoms with E-state index in [-0.39, 0.29) is 18.2 Å². The Balaban J connectivity index is 2.59. The molecular weight excluding hydrogens is 182 g/mol. The van der Waals surface area contributed by atoms with Gasteiger partial charge in [-0.25, -0.2) is 0 Å². The van der Waals surface area contributed by atoms with E-state index in [9.17, 15) is 4.79 Å². The summed E-state index contributed by atoms with van der Waals surface area (Å²) in [6.45, 7) is 1.85. The third-order valence-electron chi connectivity index (χ3n) is 2.68. The third kappa shape index (κ3) is 2.96. The Morgan fingerprint density at radius 1 is 1.43 bits per heavy atom. The summed E-state index contributed by atoms with van der Waals surface area (Å²) >= 11 is 0. The number of esters is 1. The van der Waals surface area contributed by atoms with Crippen molar-refractivity contribution in [2.45, 2.75) is 50.9 Å². The minimum absolute atomic E-state index is 0.00394. The summed E-state index contributed by atoms with van der Waals surface area (Å²) in [5.41, 5.74) is 5.65. The molecule has 2 N–H and O–H groups in total. The van der Waals surface area contributed by atoms with E-state index in [0.29, 0.717) is 6.42 Å². The summed E-state index contributed by atoms with van der Waals surface area (Å²) < 4.78 is 10.5. The molecule has 1 fully saturated rings. The van der Waals surface area contributed by atoms with Crippen LogP contribution in [-0.2, 0) is 14.3 Å². The molecule has 2 unspecified atom stereocenters. The molecule has 0 bridgehead atoms. The SMILES string of the molecule is COC1CCCC[C@H](N)C(=O)OC1C. The second kappa shape index (κ2) is 5.32. The first-order valence-corrected chi connectivity index (χ1v) is 5.14. The molecule has 1 heterocycles. The number of nitrogens with two attached hydrogens (primary N) is 1. The van der Waals surface area contributed by atoms with Crippen LogP contribution >= 0.6 is 0 Å². The van der Waals surface area contributed by atoms with E-state index in [1.165, 1.54) is 0 Å². The lowest BCUT2D eigenvalue weighted by Crippen LogP contribution is -2.37. The monoisotopic (exact) mass is 201 g/mol. The van der Waals surface area contributed by atoms with E-state index in [4.69, 9.17) is 15.2 Å². The minimum Gasteiger partial charge on any atom is -0.459 e. The van der Waals surface area contributed by atoms with Crippen molar-refractivity contribution >= 4 is 5.97 Å². The highest BCUT2D eigenvalue weighted by Gasteiger charge is 2.25. The largest absolute Gasteiger partial charge is 0.459 e. The van der Waals surface area contributed by atoms with E-state index < -0.39 is 6.04 Å². The van der Waals surface area contributed by atoms with Gasteiger partial charge >= 0.3 is 5.97 Å². The van der Waals surface area contributed by atoms with Gasteiger partial charge < -0.3 is 15.2 Å². The summed E-state index contributed by atoms with van der Waals surface area (Å²) in [4.78, 5) is 11.4. The third-order valence-corrected chi connectivity index (χ3v) is 2.68. The lowest BCUT2D eigenvalue weighted by molar-refractivity contribution is -0.156. The summed E-state index contributed by atoms with van der Waals surface area (Å²) in [7, 11) is 1.65. The lowest BCUT2D eigenvalue weighted by Gasteiger charge is -2.22. The molecule has 3 atom stereocenters. The van der Waals surface area contributed by atoms with Crippen LogP contribution in [0.3, 0.4) is 0 Å². The van der Waals surface area contributed by atoms with Crippen LogP contribution in [0.2, 0.25) is 0 Å². The molecule has 1 aliphatic rings. The van der Waals surface area contributed by atoms with Gasteiger partial charge in [0.15, 0.2) is 0 Å². The van der Waals surface area contributed by atoms with Gasteiger partial charge in [-0.2, -0.15) is 0 Å². The predicted octanol–water partition coefficient (Wildman–Crippen LogP) is 0.834. The van der Waals surface area contributed by atoms with Crippen molar-refractivity contribution in [1.82, 2.24) is 0 Å². The Morgan fingerprint density at radius 3 is 2.71 bits per heavy atom. The number of cyclic esters (lactones) is 1. The van der Waals surface area contributed by atoms with Gasteiger partial charge in [0.2, 0.25) is 0 Å². The highest BCUT2D eigenvalue weighted by molar-refractivity contribution is 5.75. The van der Waals surface area contributed by atoms with Crippen molar-refractivity contribution in [3.63, 3.8) is 0 Å². The number of hydrogen-bond acceptors (Lipinski definition) is 4. The van der Waals surface area contributed by atoms with Crippen molar-refractivity contribution in [3.8, 4) is 0 Å². The number of carbonyl (C=O) groups is 1. The van der Waals surface area contributed by atoms with Gasteiger partial charge in [-0.3, -0.25) is 4.79 Å². The van der Waals surface area contributed by atoms with Gasteiger partial charge in [-0.05, 0) is 19.8 Å². The van der Waals surface area contributed by atoms with Gasteiger partial charge in [-0.1, -0.05) is 12.8 Å². The molecule has 82 valence electrons. The Kier molecular flexibility index (Phi) is 4.35. The first-order chi connectivity index (χ1) is 6.65. The van der Waals surface area contributed by atoms with Crippen LogP contribution in [0.5, 0.6) is 0 Å². The molecule has 14 heavy (non-hydrogen) atoms. The van der Waals surface area contributed by atoms with Crippen LogP contribution in [0.4, 0.5) is 0 Å². The van der Waals surface area contributed by atoms with Crippen LogP contribution in [0.15, 0.2) is 0 Å². The molecule has 1 saturated heterocycles. The standard InChI is InChI=1S/C10H19NO3/c1-7-9(13-2)6-4-3-5-8(11)10(12)14-7/h7-9H,3-6,11H2,1-2H3/t7?,8-,9?/m0/s1. The highest BCUT2D eigenvalue weighted by Crippen LogP contribution is 2.16. The van der Waals surface area contributed by atoms with Crippen molar-refractivity contribution in [2.24, 2.45) is 5.73 Å². The van der Waals surface area contributed by atoms with E-state index >= 15 is 0 Å². The van der Waals surface area contributed by atoms with Gasteiger partial charge in [-0.15, -0.1) is 0 Å². The molecular formula is C10H19NO3. The van der Waals surface area contributed by atoms with E-state index in [1.54, 1.807) is 7.11 Å². The molecule has 0 aromatic heterocycles. The minimum atomic E-state index is -0.465. The molecule has 4 nitrogen and oxygen atoms in total. The second-order valence-corrected chi connectivity index (χ2v) is 3.81. The first-order valence-electron chi connectivity index (χ1n) is 5.14. The number of ether oxygens (including phenoxy) is 2. The zero-order chi connectivity index (χ0) is 10.6. The first kappa shape index (κ1) is 11.5. The van der Waals surface area contributed by atoms with Crippen LogP contribution < -0.4 is 5.73 Å². The number of carbonyl (C=O) groups excluding carboxylic acids is 1. The number of methoxy groups -OCH3 is 1. The van der Waals surface area contributed by atoms with Crippen LogP contribution in [0.25, 0.3) is 0 Å². The Labute approximate surface area is 84.7 Å². The van der Waals surface area contributed by atoms with Crippen LogP contribution in [0, 0.1) is 0 Å². The molecule has 0 spiro atoms. The highest BCUT2D eigenvalue weighted by atomic mass is 16.6. The van der Waals surface area contributed by atoms with Gasteiger partial charge in [0.25, 0.3) is 0 Å². The van der Waals surface area contributed by atoms with E-state index in [0.717, 1.165) is 19.3 Å². The summed E-state index contributed by atoms with van der Waals surface area (Å²) in [5.74, 6) is -0.304. The normalized spacial score (nSPS) is 35.4. The van der Waals surface area contributed by atoms with Crippen LogP contribution in [-0.4, -0.2) is 31.3 Å². The van der Waals surface area contributed by atoms with Gasteiger partial charge in [0.1, 0.15) is 12.1 Å². The van der Waals surface area contributed by atoms with E-state index in [2.05, 4.69) is 0 Å². The molecule has 0 saturated carbocycles. The number of hydrogen-bond donors (Lipinski definition) is 1. The average molecular weight is 201 g/mol. The molecule has 0 aromatic rings. The maximum Gasteiger partial charge on any atom is 0.323 e. The zero-order valence-electron chi connectivity index (χ0n) is 8.86. The fraction of sp³-hybridized carbons (Fsp3) is 0.900. The molecule has 0 aromatic carbocycles. The Hall–Kier alpha value is -0.610. The fourth-order valence-electron chi connectivity index (χ4n) is 1.72. The summed E-state index contributed by atoms with van der Waals surface area (Å²) in [6, 6.07) is -0.465. The summed E-state index contributed by atoms with van der Waals surface area (Å²) in [5, 5.41) is 0. The topological polar surface area (TPSA) is 61.5 Å². The van der Waals surface area contributed by atoms with Crippen molar-refractivity contribution < 1.29 is 14.3 Å². The quantitative estimate of drug-likeness (QED) is 0.638. The number of rotatable bonds is 1. The molecule has 4 heteroatoms. The van der Waals surface area contributed by atoms with Crippen molar-refractivity contribution in [3.05, 3.63) is 0 Å². The molecule has 0 amide bonds. The average Bonchev–Trinajstić information content (AvgIpc) is 2.21. The van der Waals surface area contributed by atoms with Crippen LogP contribution in [0.1, 0.15) is 32.6 Å². The maximum absolute atomic E-state index is 11.4. The van der Waals surface area contributed by atoms with Crippen molar-refractivity contribution in [2.75, 3.05) is 7.11 Å². The van der Waals surface area contributed by atoms with E-state index in [1.807, 2.05) is 6.92 Å². The molecule has 1 rings (SSSR count). The predicted molar refractivity (Wildman–Crippen MR) is 52.8 cm³/mol. The summed E-state index contributed by atoms with van der Waals surface area (Å²) in [6.07, 6.45) is 3.44. The van der Waals surface area contributed by atoms with Gasteiger partial charge in [0.05, 0.1) is 6.10 Å². The van der Waals surface area contributed by atoms with Crippen molar-refractivity contribution in [1.29, 1.82) is 0 Å². The maximum atomic E-state index is 11.4. The molecule has 0 aliphatic carbocycles. The molecule has 1 aliphatic heterocycles. The zero-order valence-corrected chi connectivity index (χ0v) is 8.86. The fourth-order valence-corrected chi connectivity index (χ4v) is 1.72. The smallest absolute Gasteiger partial charge is 0.323 e. The Bertz CT molecular complexity index is 196. The Morgan fingerprint density at radius 2 is 2.07 bits per heavy atom. The molecule has 0 radical (unpaired) electrons. The second-order valence-electron chi connectivity index (χ2n) is 3.81. The van der Waals surface area contributed by atoms with Gasteiger partial charge in [0, 0.05) is 7.11 Å². The lowest BCUT2D eigenvalue weighted by atomic mass is 10.1.